The predicted octanol–water partition coefficient (Wildman–Crippen LogP) is 6.50. The predicted molar refractivity (Wildman–Crippen MR) is 186 cm³/mol. The fraction of sp³-hybridized carbons (Fsp3) is 0.147. The molecule has 12 heteroatoms. The number of hydrogen-bond acceptors (Lipinski definition) is 7. The maximum atomic E-state index is 14.0. The zero-order chi connectivity index (χ0) is 32.7. The lowest BCUT2D eigenvalue weighted by Gasteiger charge is -2.25. The Morgan fingerprint density at radius 3 is 1.96 bits per heavy atom. The molecule has 1 unspecified atom stereocenters. The average Bonchev–Trinajstić information content (AvgIpc) is 3.39. The molecule has 1 heterocycles. The Balaban J connectivity index is 1.42. The molecule has 0 spiro atoms. The summed E-state index contributed by atoms with van der Waals surface area (Å²) < 4.78 is 25.9. The molecule has 46 heavy (non-hydrogen) atoms. The van der Waals surface area contributed by atoms with Gasteiger partial charge in [-0.3, -0.25) is 14.3 Å². The Morgan fingerprint density at radius 2 is 1.41 bits per heavy atom. The maximum Gasteiger partial charge on any atom is 0.248 e. The number of benzene rings is 4. The molecule has 5 rings (SSSR count). The molecule has 0 saturated carbocycles. The van der Waals surface area contributed by atoms with Crippen molar-refractivity contribution < 1.29 is 18.0 Å². The number of hydrogen-bond donors (Lipinski definition) is 4. The van der Waals surface area contributed by atoms with Gasteiger partial charge in [0, 0.05) is 22.9 Å². The Bertz CT molecular complexity index is 1860. The fourth-order valence-electron chi connectivity index (χ4n) is 5.06. The molecule has 4 aromatic carbocycles. The van der Waals surface area contributed by atoms with Gasteiger partial charge in [0.05, 0.1) is 12.7 Å². The molecule has 9 nitrogen and oxygen atoms in total. The van der Waals surface area contributed by atoms with Crippen molar-refractivity contribution in [3.8, 4) is 11.3 Å². The summed E-state index contributed by atoms with van der Waals surface area (Å²) in [7, 11) is -3.42. The lowest BCUT2D eigenvalue weighted by atomic mass is 9.85. The van der Waals surface area contributed by atoms with Crippen LogP contribution in [0.25, 0.3) is 11.3 Å². The van der Waals surface area contributed by atoms with E-state index >= 15 is 0 Å². The molecular formula is C34H32ClN5O4S2. The minimum Gasteiger partial charge on any atom is -0.374 e. The van der Waals surface area contributed by atoms with Crippen molar-refractivity contribution in [2.45, 2.75) is 24.8 Å². The zero-order valence-electron chi connectivity index (χ0n) is 24.8. The second kappa shape index (κ2) is 14.6. The van der Waals surface area contributed by atoms with Crippen LogP contribution in [0, 0.1) is 0 Å². The Morgan fingerprint density at radius 1 is 0.848 bits per heavy atom. The first-order valence-corrected chi connectivity index (χ1v) is 17.4. The van der Waals surface area contributed by atoms with E-state index in [2.05, 4.69) is 44.6 Å². The minimum atomic E-state index is -3.42. The monoisotopic (exact) mass is 673 g/mol. The molecule has 0 fully saturated rings. The van der Waals surface area contributed by atoms with Crippen molar-refractivity contribution in [1.82, 2.24) is 4.98 Å². The second-order valence-electron chi connectivity index (χ2n) is 10.7. The largest absolute Gasteiger partial charge is 0.374 e. The van der Waals surface area contributed by atoms with Crippen LogP contribution in [0.5, 0.6) is 0 Å². The summed E-state index contributed by atoms with van der Waals surface area (Å²) >= 11 is 7.69. The van der Waals surface area contributed by atoms with Crippen LogP contribution in [-0.4, -0.2) is 37.5 Å². The summed E-state index contributed by atoms with van der Waals surface area (Å²) in [4.78, 5) is 30.0. The van der Waals surface area contributed by atoms with Gasteiger partial charge in [-0.2, -0.15) is 0 Å². The molecular weight excluding hydrogens is 642 g/mol. The number of nitrogens with one attached hydrogen (secondary N) is 3. The van der Waals surface area contributed by atoms with Crippen molar-refractivity contribution in [2.75, 3.05) is 21.6 Å². The van der Waals surface area contributed by atoms with Gasteiger partial charge in [0.15, 0.2) is 5.13 Å². The molecule has 0 aliphatic rings. The first kappa shape index (κ1) is 32.7. The number of amides is 2. The van der Waals surface area contributed by atoms with E-state index in [1.54, 1.807) is 36.4 Å². The summed E-state index contributed by atoms with van der Waals surface area (Å²) in [6.07, 6.45) is 1.62. The second-order valence-corrected chi connectivity index (χ2v) is 14.1. The number of nitrogens with zero attached hydrogens (tertiary/aromatic N) is 1. The number of carbonyl (C=O) groups is 2. The van der Waals surface area contributed by atoms with Gasteiger partial charge in [-0.1, -0.05) is 108 Å². The van der Waals surface area contributed by atoms with Gasteiger partial charge in [-0.25, -0.2) is 13.4 Å². The van der Waals surface area contributed by atoms with Crippen LogP contribution in [0.2, 0.25) is 4.34 Å². The number of halogens is 1. The highest BCUT2D eigenvalue weighted by Crippen LogP contribution is 2.36. The molecule has 5 aromatic rings. The average molecular weight is 674 g/mol. The van der Waals surface area contributed by atoms with Crippen molar-refractivity contribution in [3.63, 3.8) is 0 Å². The van der Waals surface area contributed by atoms with Crippen LogP contribution in [0.15, 0.2) is 109 Å². The zero-order valence-corrected chi connectivity index (χ0v) is 27.2. The molecule has 0 radical (unpaired) electrons. The van der Waals surface area contributed by atoms with Crippen molar-refractivity contribution >= 4 is 61.3 Å². The van der Waals surface area contributed by atoms with Gasteiger partial charge in [0.2, 0.25) is 21.8 Å². The van der Waals surface area contributed by atoms with Gasteiger partial charge in [0.25, 0.3) is 0 Å². The van der Waals surface area contributed by atoms with E-state index < -0.39 is 22.0 Å². The van der Waals surface area contributed by atoms with Crippen LogP contribution >= 0.6 is 22.9 Å². The van der Waals surface area contributed by atoms with Crippen molar-refractivity contribution in [1.29, 1.82) is 0 Å². The number of anilines is 3. The normalized spacial score (nSPS) is 12.0. The smallest absolute Gasteiger partial charge is 0.248 e. The van der Waals surface area contributed by atoms with Gasteiger partial charge in [-0.05, 0) is 47.4 Å². The van der Waals surface area contributed by atoms with Crippen LogP contribution in [0.3, 0.4) is 0 Å². The molecule has 5 N–H and O–H groups in total. The van der Waals surface area contributed by atoms with E-state index in [4.69, 9.17) is 17.3 Å². The quantitative estimate of drug-likeness (QED) is 0.112. The Labute approximate surface area is 276 Å². The third-order valence-corrected chi connectivity index (χ3v) is 8.92. The number of thiazole rings is 1. The van der Waals surface area contributed by atoms with Crippen LogP contribution < -0.4 is 21.1 Å². The summed E-state index contributed by atoms with van der Waals surface area (Å²) in [5.74, 6) is -0.827. The number of aromatic nitrogens is 1. The number of rotatable bonds is 13. The van der Waals surface area contributed by atoms with Crippen LogP contribution in [-0.2, 0) is 26.0 Å². The maximum absolute atomic E-state index is 14.0. The van der Waals surface area contributed by atoms with E-state index in [0.717, 1.165) is 34.3 Å². The molecule has 2 amide bonds. The van der Waals surface area contributed by atoms with Gasteiger partial charge in [0.1, 0.15) is 16.1 Å². The van der Waals surface area contributed by atoms with E-state index in [1.807, 2.05) is 48.5 Å². The van der Waals surface area contributed by atoms with Gasteiger partial charge in [-0.15, -0.1) is 0 Å². The first-order chi connectivity index (χ1) is 22.0. The van der Waals surface area contributed by atoms with E-state index in [1.165, 1.54) is 0 Å². The molecule has 0 bridgehead atoms. The summed E-state index contributed by atoms with van der Waals surface area (Å²) in [6, 6.07) is 33.2. The molecule has 236 valence electrons. The Kier molecular flexibility index (Phi) is 10.4. The standard InChI is InChI=1S/C34H32ClN5O4S2/c1-46(43,44)40-27-18-14-25(15-19-27)31-32(35)45-34(38-31)39-33(42)29(37-26-16-12-22(13-17-26)20-30(36)41)21-28(23-8-4-2-5-9-23)24-10-6-3-7-11-24/h2-19,28-29,37,40H,20-21H2,1H3,(H2,36,41)(H,38,39,42). The summed E-state index contributed by atoms with van der Waals surface area (Å²) in [5.41, 5.74) is 10.5. The van der Waals surface area contributed by atoms with Crippen molar-refractivity contribution in [3.05, 3.63) is 130 Å². The van der Waals surface area contributed by atoms with Crippen LogP contribution in [0.1, 0.15) is 29.0 Å². The number of sulfonamides is 1. The molecule has 1 aromatic heterocycles. The minimum absolute atomic E-state index is 0.103. The first-order valence-electron chi connectivity index (χ1n) is 14.3. The fourth-order valence-corrected chi connectivity index (χ4v) is 6.71. The highest BCUT2D eigenvalue weighted by Gasteiger charge is 2.27. The van der Waals surface area contributed by atoms with Crippen LogP contribution in [0.4, 0.5) is 16.5 Å². The van der Waals surface area contributed by atoms with E-state index in [9.17, 15) is 18.0 Å². The Hall–Kier alpha value is -4.71. The number of primary amides is 1. The topological polar surface area (TPSA) is 143 Å². The summed E-state index contributed by atoms with van der Waals surface area (Å²) in [6.45, 7) is 0. The van der Waals surface area contributed by atoms with Gasteiger partial charge < -0.3 is 16.4 Å². The van der Waals surface area contributed by atoms with Gasteiger partial charge >= 0.3 is 0 Å². The highest BCUT2D eigenvalue weighted by atomic mass is 35.5. The number of nitrogens with two attached hydrogens (primary N) is 1. The van der Waals surface area contributed by atoms with Crippen molar-refractivity contribution in [2.24, 2.45) is 5.73 Å². The summed E-state index contributed by atoms with van der Waals surface area (Å²) in [5, 5.41) is 6.66. The molecule has 0 saturated heterocycles. The SMILES string of the molecule is CS(=O)(=O)Nc1ccc(-c2nc(NC(=O)C(CC(c3ccccc3)c3ccccc3)Nc3ccc(CC(N)=O)cc3)sc2Cl)cc1. The molecule has 1 atom stereocenters. The van der Waals surface area contributed by atoms with E-state index in [0.29, 0.717) is 38.5 Å². The van der Waals surface area contributed by atoms with E-state index in [-0.39, 0.29) is 18.2 Å². The lowest BCUT2D eigenvalue weighted by Crippen LogP contribution is -2.36. The lowest BCUT2D eigenvalue weighted by molar-refractivity contribution is -0.118. The third kappa shape index (κ3) is 8.94. The highest BCUT2D eigenvalue weighted by molar-refractivity contribution is 7.92. The molecule has 0 aliphatic heterocycles. The number of carbonyl (C=O) groups excluding carboxylic acids is 2. The third-order valence-electron chi connectivity index (χ3n) is 7.14. The molecule has 0 aliphatic carbocycles.